The first-order chi connectivity index (χ1) is 8.20. The minimum Gasteiger partial charge on any atom is -0.0850 e. The van der Waals surface area contributed by atoms with E-state index in [1.807, 2.05) is 0 Å². The van der Waals surface area contributed by atoms with Crippen LogP contribution < -0.4 is 0 Å². The van der Waals surface area contributed by atoms with E-state index in [0.29, 0.717) is 11.8 Å². The highest BCUT2D eigenvalue weighted by Gasteiger charge is 2.23. The Labute approximate surface area is 106 Å². The zero-order valence-electron chi connectivity index (χ0n) is 11.4. The highest BCUT2D eigenvalue weighted by molar-refractivity contribution is 5.38. The van der Waals surface area contributed by atoms with E-state index in [2.05, 4.69) is 51.2 Å². The van der Waals surface area contributed by atoms with Gasteiger partial charge in [-0.3, -0.25) is 0 Å². The van der Waals surface area contributed by atoms with Crippen molar-refractivity contribution in [2.75, 3.05) is 0 Å². The Morgan fingerprint density at radius 1 is 1.24 bits per heavy atom. The van der Waals surface area contributed by atoms with Crippen LogP contribution in [0.15, 0.2) is 47.1 Å². The number of allylic oxidation sites excluding steroid dienone is 8. The predicted molar refractivity (Wildman–Crippen MR) is 75.9 cm³/mol. The molecule has 0 heterocycles. The Bertz CT molecular complexity index is 386. The summed E-state index contributed by atoms with van der Waals surface area (Å²) in [6, 6.07) is 0. The fourth-order valence-corrected chi connectivity index (χ4v) is 3.00. The maximum Gasteiger partial charge on any atom is 0.00832 e. The summed E-state index contributed by atoms with van der Waals surface area (Å²) < 4.78 is 0. The summed E-state index contributed by atoms with van der Waals surface area (Å²) in [4.78, 5) is 0. The third-order valence-electron chi connectivity index (χ3n) is 4.09. The molecule has 0 aromatic carbocycles. The molecule has 0 aliphatic heterocycles. The molecule has 2 aliphatic carbocycles. The van der Waals surface area contributed by atoms with E-state index in [4.69, 9.17) is 0 Å². The summed E-state index contributed by atoms with van der Waals surface area (Å²) in [5.41, 5.74) is 4.66. The topological polar surface area (TPSA) is 0 Å². The third kappa shape index (κ3) is 2.80. The molecule has 0 aromatic heterocycles. The average molecular weight is 228 g/mol. The molecule has 0 radical (unpaired) electrons. The molecule has 0 bridgehead atoms. The predicted octanol–water partition coefficient (Wildman–Crippen LogP) is 5.20. The summed E-state index contributed by atoms with van der Waals surface area (Å²) >= 11 is 0. The Hall–Kier alpha value is -1.04. The molecule has 2 atom stereocenters. The smallest absolute Gasteiger partial charge is 0.00832 e. The van der Waals surface area contributed by atoms with Crippen molar-refractivity contribution in [3.63, 3.8) is 0 Å². The summed E-state index contributed by atoms with van der Waals surface area (Å²) in [6.07, 6.45) is 16.9. The lowest BCUT2D eigenvalue weighted by atomic mass is 9.76. The SMILES string of the molecule is CC(C)=C1C=CC=CC1C(C)C1=CCCCC1. The van der Waals surface area contributed by atoms with Crippen molar-refractivity contribution in [3.05, 3.63) is 47.1 Å². The summed E-state index contributed by atoms with van der Waals surface area (Å²) in [5.74, 6) is 1.26. The molecule has 2 aliphatic rings. The minimum atomic E-state index is 0.592. The molecule has 2 rings (SSSR count). The van der Waals surface area contributed by atoms with Gasteiger partial charge in [0, 0.05) is 5.92 Å². The molecule has 0 spiro atoms. The van der Waals surface area contributed by atoms with E-state index in [-0.39, 0.29) is 0 Å². The summed E-state index contributed by atoms with van der Waals surface area (Å²) in [7, 11) is 0. The van der Waals surface area contributed by atoms with Gasteiger partial charge in [0.1, 0.15) is 0 Å². The molecule has 0 saturated heterocycles. The lowest BCUT2D eigenvalue weighted by Crippen LogP contribution is -2.17. The first-order valence-corrected chi connectivity index (χ1v) is 6.91. The van der Waals surface area contributed by atoms with Gasteiger partial charge in [0.25, 0.3) is 0 Å². The van der Waals surface area contributed by atoms with Crippen LogP contribution in [0.3, 0.4) is 0 Å². The van der Waals surface area contributed by atoms with Gasteiger partial charge in [-0.2, -0.15) is 0 Å². The van der Waals surface area contributed by atoms with Crippen LogP contribution >= 0.6 is 0 Å². The van der Waals surface area contributed by atoms with Gasteiger partial charge in [0.2, 0.25) is 0 Å². The van der Waals surface area contributed by atoms with Gasteiger partial charge >= 0.3 is 0 Å². The van der Waals surface area contributed by atoms with E-state index in [9.17, 15) is 0 Å². The van der Waals surface area contributed by atoms with Crippen LogP contribution in [0.1, 0.15) is 46.5 Å². The number of hydrogen-bond acceptors (Lipinski definition) is 0. The molecule has 0 fully saturated rings. The second-order valence-corrected chi connectivity index (χ2v) is 5.54. The van der Waals surface area contributed by atoms with Gasteiger partial charge in [-0.25, -0.2) is 0 Å². The van der Waals surface area contributed by atoms with Crippen LogP contribution in [0.4, 0.5) is 0 Å². The zero-order valence-corrected chi connectivity index (χ0v) is 11.4. The van der Waals surface area contributed by atoms with Crippen LogP contribution in [-0.4, -0.2) is 0 Å². The van der Waals surface area contributed by atoms with E-state index in [1.54, 1.807) is 5.57 Å². The highest BCUT2D eigenvalue weighted by Crippen LogP contribution is 2.36. The second kappa shape index (κ2) is 5.53. The van der Waals surface area contributed by atoms with E-state index in [1.165, 1.54) is 36.8 Å². The van der Waals surface area contributed by atoms with Crippen molar-refractivity contribution in [2.45, 2.75) is 46.5 Å². The lowest BCUT2D eigenvalue weighted by molar-refractivity contribution is 0.510. The molecule has 0 saturated carbocycles. The molecular weight excluding hydrogens is 204 g/mol. The van der Waals surface area contributed by atoms with E-state index in [0.717, 1.165) is 0 Å². The molecule has 2 unspecified atom stereocenters. The van der Waals surface area contributed by atoms with Gasteiger partial charge in [-0.05, 0) is 51.0 Å². The third-order valence-corrected chi connectivity index (χ3v) is 4.09. The van der Waals surface area contributed by atoms with Gasteiger partial charge < -0.3 is 0 Å². The van der Waals surface area contributed by atoms with Crippen LogP contribution in [0.25, 0.3) is 0 Å². The Morgan fingerprint density at radius 3 is 2.71 bits per heavy atom. The van der Waals surface area contributed by atoms with E-state index < -0.39 is 0 Å². The van der Waals surface area contributed by atoms with Gasteiger partial charge in [0.15, 0.2) is 0 Å². The Balaban J connectivity index is 2.21. The number of hydrogen-bond donors (Lipinski definition) is 0. The molecule has 92 valence electrons. The highest BCUT2D eigenvalue weighted by atomic mass is 14.3. The summed E-state index contributed by atoms with van der Waals surface area (Å²) in [5, 5.41) is 0. The first kappa shape index (κ1) is 12.4. The van der Waals surface area contributed by atoms with Crippen molar-refractivity contribution in [1.29, 1.82) is 0 Å². The van der Waals surface area contributed by atoms with Gasteiger partial charge in [-0.15, -0.1) is 0 Å². The molecule has 17 heavy (non-hydrogen) atoms. The lowest BCUT2D eigenvalue weighted by Gasteiger charge is -2.29. The normalized spacial score (nSPS) is 25.7. The van der Waals surface area contributed by atoms with Crippen molar-refractivity contribution in [3.8, 4) is 0 Å². The van der Waals surface area contributed by atoms with Crippen LogP contribution in [0.2, 0.25) is 0 Å². The maximum atomic E-state index is 2.49. The van der Waals surface area contributed by atoms with Crippen molar-refractivity contribution < 1.29 is 0 Å². The van der Waals surface area contributed by atoms with Gasteiger partial charge in [-0.1, -0.05) is 48.5 Å². The monoisotopic (exact) mass is 228 g/mol. The van der Waals surface area contributed by atoms with Crippen LogP contribution in [0.5, 0.6) is 0 Å². The molecule has 0 aromatic rings. The molecule has 0 amide bonds. The summed E-state index contributed by atoms with van der Waals surface area (Å²) in [6.45, 7) is 6.86. The molecule has 0 N–H and O–H groups in total. The largest absolute Gasteiger partial charge is 0.0850 e. The zero-order chi connectivity index (χ0) is 12.3. The van der Waals surface area contributed by atoms with Crippen LogP contribution in [-0.2, 0) is 0 Å². The van der Waals surface area contributed by atoms with Crippen LogP contribution in [0, 0.1) is 11.8 Å². The number of rotatable bonds is 2. The maximum absolute atomic E-state index is 2.49. The molecular formula is C17H24. The first-order valence-electron chi connectivity index (χ1n) is 6.91. The Morgan fingerprint density at radius 2 is 2.06 bits per heavy atom. The standard InChI is InChI=1S/C17H24/c1-13(2)16-11-7-8-12-17(16)14(3)15-9-5-4-6-10-15/h7-9,11-12,14,17H,4-6,10H2,1-3H3. The minimum absolute atomic E-state index is 0.592. The van der Waals surface area contributed by atoms with Crippen molar-refractivity contribution >= 4 is 0 Å². The van der Waals surface area contributed by atoms with Crippen molar-refractivity contribution in [2.24, 2.45) is 11.8 Å². The van der Waals surface area contributed by atoms with Gasteiger partial charge in [0.05, 0.1) is 0 Å². The van der Waals surface area contributed by atoms with Crippen molar-refractivity contribution in [1.82, 2.24) is 0 Å². The molecule has 0 nitrogen and oxygen atoms in total. The Kier molecular flexibility index (Phi) is 4.04. The fraction of sp³-hybridized carbons (Fsp3) is 0.529. The molecule has 0 heteroatoms. The average Bonchev–Trinajstić information content (AvgIpc) is 2.39. The van der Waals surface area contributed by atoms with E-state index >= 15 is 0 Å². The fourth-order valence-electron chi connectivity index (χ4n) is 3.00. The quantitative estimate of drug-likeness (QED) is 0.570. The second-order valence-electron chi connectivity index (χ2n) is 5.54.